The monoisotopic (exact) mass is 354 g/mol. The Morgan fingerprint density at radius 1 is 1.19 bits per heavy atom. The van der Waals surface area contributed by atoms with Gasteiger partial charge in [-0.15, -0.1) is 0 Å². The second-order valence-electron chi connectivity index (χ2n) is 6.38. The molecule has 1 fully saturated rings. The van der Waals surface area contributed by atoms with E-state index in [-0.39, 0.29) is 24.1 Å². The maximum atomic E-state index is 13.0. The molecule has 26 heavy (non-hydrogen) atoms. The largest absolute Gasteiger partial charge is 0.356 e. The minimum Gasteiger partial charge on any atom is -0.356 e. The van der Waals surface area contributed by atoms with Gasteiger partial charge in [0.25, 0.3) is 5.91 Å². The quantitative estimate of drug-likeness (QED) is 0.776. The molecule has 3 aromatic rings. The zero-order chi connectivity index (χ0) is 18.1. The second kappa shape index (κ2) is 6.70. The van der Waals surface area contributed by atoms with E-state index in [0.29, 0.717) is 5.65 Å². The van der Waals surface area contributed by atoms with Crippen LogP contribution in [0.25, 0.3) is 11.0 Å². The summed E-state index contributed by atoms with van der Waals surface area (Å²) in [7, 11) is 1.79. The van der Waals surface area contributed by atoms with Gasteiger partial charge in [0.2, 0.25) is 5.82 Å². The molecule has 1 N–H and O–H groups in total. The molecule has 0 spiro atoms. The molecule has 0 saturated carbocycles. The maximum Gasteiger partial charge on any atom is 0.289 e. The fraction of sp³-hybridized carbons (Fsp3) is 0.333. The van der Waals surface area contributed by atoms with Crippen LogP contribution in [-0.4, -0.2) is 38.7 Å². The zero-order valence-corrected chi connectivity index (χ0v) is 14.4. The van der Waals surface area contributed by atoms with Crippen molar-refractivity contribution < 1.29 is 9.18 Å². The molecule has 0 unspecified atom stereocenters. The summed E-state index contributed by atoms with van der Waals surface area (Å²) in [6.07, 6.45) is 3.96. The minimum absolute atomic E-state index is 0.116. The summed E-state index contributed by atoms with van der Waals surface area (Å²) in [5.74, 6) is 0.204. The summed E-state index contributed by atoms with van der Waals surface area (Å²) in [5.41, 5.74) is 1.44. The Morgan fingerprint density at radius 3 is 2.65 bits per heavy atom. The molecule has 3 heterocycles. The summed E-state index contributed by atoms with van der Waals surface area (Å²) in [6, 6.07) is 6.00. The van der Waals surface area contributed by atoms with Crippen molar-refractivity contribution in [3.63, 3.8) is 0 Å². The van der Waals surface area contributed by atoms with Gasteiger partial charge in [0.1, 0.15) is 11.6 Å². The third kappa shape index (κ3) is 3.10. The van der Waals surface area contributed by atoms with Crippen LogP contribution in [0, 0.1) is 5.82 Å². The Labute approximate surface area is 149 Å². The number of amides is 1. The predicted octanol–water partition coefficient (Wildman–Crippen LogP) is 2.03. The number of carbonyl (C=O) groups is 1. The molecule has 0 atom stereocenters. The normalized spacial score (nSPS) is 14.2. The highest BCUT2D eigenvalue weighted by atomic mass is 19.1. The maximum absolute atomic E-state index is 13.0. The van der Waals surface area contributed by atoms with Crippen molar-refractivity contribution >= 4 is 22.8 Å². The highest BCUT2D eigenvalue weighted by Gasteiger charge is 2.22. The highest BCUT2D eigenvalue weighted by molar-refractivity contribution is 5.95. The third-order valence-electron chi connectivity index (χ3n) is 4.55. The molecule has 1 aliphatic rings. The van der Waals surface area contributed by atoms with Crippen LogP contribution in [-0.2, 0) is 13.6 Å². The lowest BCUT2D eigenvalue weighted by atomic mass is 10.2. The van der Waals surface area contributed by atoms with Gasteiger partial charge in [0, 0.05) is 26.7 Å². The first kappa shape index (κ1) is 16.4. The summed E-state index contributed by atoms with van der Waals surface area (Å²) in [6.45, 7) is 2.11. The van der Waals surface area contributed by atoms with Crippen LogP contribution in [0.1, 0.15) is 29.0 Å². The van der Waals surface area contributed by atoms with Gasteiger partial charge in [-0.1, -0.05) is 12.1 Å². The molecule has 134 valence electrons. The molecule has 4 rings (SSSR count). The van der Waals surface area contributed by atoms with Crippen LogP contribution in [0.5, 0.6) is 0 Å². The molecule has 1 aromatic carbocycles. The third-order valence-corrected chi connectivity index (χ3v) is 4.55. The highest BCUT2D eigenvalue weighted by Crippen LogP contribution is 2.26. The molecule has 0 aliphatic carbocycles. The van der Waals surface area contributed by atoms with Gasteiger partial charge in [0.15, 0.2) is 5.65 Å². The van der Waals surface area contributed by atoms with Crippen molar-refractivity contribution in [2.45, 2.75) is 19.4 Å². The van der Waals surface area contributed by atoms with Crippen molar-refractivity contribution in [2.24, 2.45) is 7.05 Å². The van der Waals surface area contributed by atoms with Crippen molar-refractivity contribution in [3.8, 4) is 0 Å². The smallest absolute Gasteiger partial charge is 0.289 e. The fourth-order valence-electron chi connectivity index (χ4n) is 3.14. The Morgan fingerprint density at radius 2 is 1.92 bits per heavy atom. The number of halogens is 1. The van der Waals surface area contributed by atoms with Crippen molar-refractivity contribution in [3.05, 3.63) is 47.7 Å². The van der Waals surface area contributed by atoms with E-state index >= 15 is 0 Å². The number of hydrogen-bond donors (Lipinski definition) is 1. The Bertz CT molecular complexity index is 946. The Kier molecular flexibility index (Phi) is 4.24. The van der Waals surface area contributed by atoms with Crippen LogP contribution in [0.4, 0.5) is 10.2 Å². The van der Waals surface area contributed by atoms with E-state index in [1.807, 2.05) is 0 Å². The summed E-state index contributed by atoms with van der Waals surface area (Å²) in [5, 5.41) is 7.90. The fourth-order valence-corrected chi connectivity index (χ4v) is 3.14. The topological polar surface area (TPSA) is 75.9 Å². The summed E-state index contributed by atoms with van der Waals surface area (Å²) >= 11 is 0. The lowest BCUT2D eigenvalue weighted by molar-refractivity contribution is 0.0941. The van der Waals surface area contributed by atoms with Gasteiger partial charge in [-0.25, -0.2) is 14.4 Å². The van der Waals surface area contributed by atoms with Gasteiger partial charge >= 0.3 is 0 Å². The number of carbonyl (C=O) groups excluding carboxylic acids is 1. The molecule has 7 nitrogen and oxygen atoms in total. The molecule has 8 heteroatoms. The first-order valence-electron chi connectivity index (χ1n) is 8.59. The van der Waals surface area contributed by atoms with Crippen LogP contribution in [0.2, 0.25) is 0 Å². The van der Waals surface area contributed by atoms with E-state index in [1.165, 1.54) is 12.1 Å². The van der Waals surface area contributed by atoms with E-state index < -0.39 is 0 Å². The standard InChI is InChI=1S/C18H19FN6O/c1-24-16-14(11-21-24)17(25-8-2-3-9-25)23-15(22-16)18(26)20-10-12-4-6-13(19)7-5-12/h4-7,11H,2-3,8-10H2,1H3,(H,20,26). The van der Waals surface area contributed by atoms with Gasteiger partial charge in [-0.3, -0.25) is 9.48 Å². The lowest BCUT2D eigenvalue weighted by Crippen LogP contribution is -2.27. The predicted molar refractivity (Wildman–Crippen MR) is 95.3 cm³/mol. The number of benzene rings is 1. The molecule has 1 aliphatic heterocycles. The van der Waals surface area contributed by atoms with Gasteiger partial charge in [0.05, 0.1) is 11.6 Å². The van der Waals surface area contributed by atoms with Crippen LogP contribution >= 0.6 is 0 Å². The average Bonchev–Trinajstić information content (AvgIpc) is 3.31. The van der Waals surface area contributed by atoms with E-state index in [1.54, 1.807) is 30.1 Å². The van der Waals surface area contributed by atoms with Crippen LogP contribution < -0.4 is 10.2 Å². The zero-order valence-electron chi connectivity index (χ0n) is 14.4. The van der Waals surface area contributed by atoms with E-state index in [4.69, 9.17) is 0 Å². The van der Waals surface area contributed by atoms with Crippen molar-refractivity contribution in [2.75, 3.05) is 18.0 Å². The van der Waals surface area contributed by atoms with Crippen molar-refractivity contribution in [1.82, 2.24) is 25.1 Å². The first-order chi connectivity index (χ1) is 12.6. The number of rotatable bonds is 4. The van der Waals surface area contributed by atoms with Crippen LogP contribution in [0.3, 0.4) is 0 Å². The van der Waals surface area contributed by atoms with E-state index in [2.05, 4.69) is 25.3 Å². The molecular formula is C18H19FN6O. The Hall–Kier alpha value is -3.03. The molecule has 0 radical (unpaired) electrons. The lowest BCUT2D eigenvalue weighted by Gasteiger charge is -2.17. The summed E-state index contributed by atoms with van der Waals surface area (Å²) in [4.78, 5) is 23.6. The second-order valence-corrected chi connectivity index (χ2v) is 6.38. The number of nitrogens with one attached hydrogen (secondary N) is 1. The number of nitrogens with zero attached hydrogens (tertiary/aromatic N) is 5. The Balaban J connectivity index is 1.61. The number of aryl methyl sites for hydroxylation is 1. The average molecular weight is 354 g/mol. The van der Waals surface area contributed by atoms with Crippen molar-refractivity contribution in [1.29, 1.82) is 0 Å². The summed E-state index contributed by atoms with van der Waals surface area (Å²) < 4.78 is 14.6. The number of fused-ring (bicyclic) bond motifs is 1. The first-order valence-corrected chi connectivity index (χ1v) is 8.59. The molecular weight excluding hydrogens is 335 g/mol. The van der Waals surface area contributed by atoms with Gasteiger partial charge in [-0.05, 0) is 30.5 Å². The molecule has 1 saturated heterocycles. The van der Waals surface area contributed by atoms with Gasteiger partial charge in [-0.2, -0.15) is 5.10 Å². The van der Waals surface area contributed by atoms with E-state index in [9.17, 15) is 9.18 Å². The molecule has 2 aromatic heterocycles. The molecule has 0 bridgehead atoms. The number of hydrogen-bond acceptors (Lipinski definition) is 5. The van der Waals surface area contributed by atoms with Crippen LogP contribution in [0.15, 0.2) is 30.5 Å². The van der Waals surface area contributed by atoms with E-state index in [0.717, 1.165) is 42.7 Å². The minimum atomic E-state index is -0.363. The van der Waals surface area contributed by atoms with Gasteiger partial charge < -0.3 is 10.2 Å². The molecule has 1 amide bonds. The SMILES string of the molecule is Cn1ncc2c(N3CCCC3)nc(C(=O)NCc3ccc(F)cc3)nc21. The number of anilines is 1. The number of aromatic nitrogens is 4.